The van der Waals surface area contributed by atoms with Gasteiger partial charge in [-0.2, -0.15) is 5.10 Å². The summed E-state index contributed by atoms with van der Waals surface area (Å²) in [6.07, 6.45) is 1.18. The number of aliphatic hydroxyl groups excluding tert-OH is 2. The Hall–Kier alpha value is -0.610. The first-order valence-electron chi connectivity index (χ1n) is 4.24. The molecule has 0 aromatic carbocycles. The van der Waals surface area contributed by atoms with E-state index < -0.39 is 6.10 Å². The second-order valence-corrected chi connectivity index (χ2v) is 3.32. The monoisotopic (exact) mass is 172 g/mol. The first-order valence-corrected chi connectivity index (χ1v) is 4.24. The molecule has 2 unspecified atom stereocenters. The number of rotatable bonds is 3. The summed E-state index contributed by atoms with van der Waals surface area (Å²) in [5, 5.41) is 23.7. The molecule has 0 fully saturated rings. The molecule has 1 aliphatic heterocycles. The summed E-state index contributed by atoms with van der Waals surface area (Å²) in [6, 6.07) is 0.325. The maximum Gasteiger partial charge on any atom is 0.0962 e. The predicted octanol–water partition coefficient (Wildman–Crippen LogP) is -0.334. The van der Waals surface area contributed by atoms with E-state index in [2.05, 4.69) is 18.9 Å². The lowest BCUT2D eigenvalue weighted by atomic mass is 10.1. The summed E-state index contributed by atoms with van der Waals surface area (Å²) in [7, 11) is 0. The lowest BCUT2D eigenvalue weighted by Crippen LogP contribution is -2.36. The van der Waals surface area contributed by atoms with E-state index in [1.807, 2.05) is 11.2 Å². The van der Waals surface area contributed by atoms with E-state index in [1.165, 1.54) is 0 Å². The van der Waals surface area contributed by atoms with E-state index in [0.717, 1.165) is 0 Å². The van der Waals surface area contributed by atoms with Crippen molar-refractivity contribution in [2.75, 3.05) is 13.2 Å². The van der Waals surface area contributed by atoms with E-state index >= 15 is 0 Å². The van der Waals surface area contributed by atoms with E-state index in [4.69, 9.17) is 10.2 Å². The summed E-state index contributed by atoms with van der Waals surface area (Å²) in [4.78, 5) is 0. The van der Waals surface area contributed by atoms with Gasteiger partial charge in [0, 0.05) is 12.1 Å². The summed E-state index contributed by atoms with van der Waals surface area (Å²) in [5.74, 6) is 0.427. The molecule has 0 amide bonds. The normalized spacial score (nSPS) is 31.2. The molecule has 0 spiro atoms. The minimum Gasteiger partial charge on any atom is -0.394 e. The van der Waals surface area contributed by atoms with Gasteiger partial charge in [0.25, 0.3) is 0 Å². The standard InChI is InChI=1S/C8H16N2O2/c1-6-3-9-10(7(6)2)4-8(12)5-11/h3,6-8,11-12H,4-5H2,1-2H3/t6?,7?,8-/m1/s1. The van der Waals surface area contributed by atoms with Crippen LogP contribution < -0.4 is 0 Å². The molecule has 0 radical (unpaired) electrons. The van der Waals surface area contributed by atoms with Gasteiger partial charge in [-0.3, -0.25) is 5.01 Å². The third-order valence-corrected chi connectivity index (χ3v) is 2.29. The van der Waals surface area contributed by atoms with Gasteiger partial charge in [-0.1, -0.05) is 6.92 Å². The maximum absolute atomic E-state index is 9.16. The van der Waals surface area contributed by atoms with Gasteiger partial charge in [0.15, 0.2) is 0 Å². The second kappa shape index (κ2) is 3.87. The molecule has 0 aliphatic carbocycles. The molecule has 1 aliphatic rings. The van der Waals surface area contributed by atoms with Crippen LogP contribution in [0.1, 0.15) is 13.8 Å². The van der Waals surface area contributed by atoms with Gasteiger partial charge in [0.05, 0.1) is 25.3 Å². The summed E-state index contributed by atoms with van der Waals surface area (Å²) >= 11 is 0. The van der Waals surface area contributed by atoms with Crippen LogP contribution in [0.15, 0.2) is 5.10 Å². The number of aliphatic hydroxyl groups is 2. The largest absolute Gasteiger partial charge is 0.394 e. The maximum atomic E-state index is 9.16. The van der Waals surface area contributed by atoms with Crippen molar-refractivity contribution in [2.45, 2.75) is 26.0 Å². The molecule has 2 N–H and O–H groups in total. The molecular formula is C8H16N2O2. The predicted molar refractivity (Wildman–Crippen MR) is 46.9 cm³/mol. The molecule has 0 aromatic rings. The van der Waals surface area contributed by atoms with Crippen LogP contribution in [-0.4, -0.2) is 46.7 Å². The summed E-state index contributed by atoms with van der Waals surface area (Å²) in [6.45, 7) is 4.35. The Labute approximate surface area is 72.5 Å². The molecule has 0 saturated carbocycles. The molecule has 12 heavy (non-hydrogen) atoms. The Balaban J connectivity index is 2.39. The van der Waals surface area contributed by atoms with Crippen LogP contribution >= 0.6 is 0 Å². The minimum absolute atomic E-state index is 0.201. The Morgan fingerprint density at radius 1 is 1.58 bits per heavy atom. The highest BCUT2D eigenvalue weighted by atomic mass is 16.3. The van der Waals surface area contributed by atoms with Gasteiger partial charge >= 0.3 is 0 Å². The lowest BCUT2D eigenvalue weighted by Gasteiger charge is -2.24. The Kier molecular flexibility index (Phi) is 3.05. The van der Waals surface area contributed by atoms with Crippen LogP contribution in [0.25, 0.3) is 0 Å². The number of hydrazone groups is 1. The molecule has 0 saturated heterocycles. The van der Waals surface area contributed by atoms with Crippen LogP contribution in [0.4, 0.5) is 0 Å². The number of β-amino-alcohol motifs (C(OH)–C–C–N with tert-alkyl or cyclic N) is 1. The van der Waals surface area contributed by atoms with Gasteiger partial charge in [0.2, 0.25) is 0 Å². The summed E-state index contributed by atoms with van der Waals surface area (Å²) < 4.78 is 0. The zero-order valence-corrected chi connectivity index (χ0v) is 7.51. The van der Waals surface area contributed by atoms with Crippen molar-refractivity contribution in [1.29, 1.82) is 0 Å². The molecule has 4 heteroatoms. The fraction of sp³-hybridized carbons (Fsp3) is 0.875. The Morgan fingerprint density at radius 2 is 2.25 bits per heavy atom. The van der Waals surface area contributed by atoms with Gasteiger partial charge in [-0.15, -0.1) is 0 Å². The molecule has 1 heterocycles. The first kappa shape index (κ1) is 9.48. The topological polar surface area (TPSA) is 56.1 Å². The molecule has 0 aromatic heterocycles. The SMILES string of the molecule is CC1C=NN(C[C@@H](O)CO)C1C. The van der Waals surface area contributed by atoms with Crippen molar-refractivity contribution >= 4 is 6.21 Å². The van der Waals surface area contributed by atoms with Gasteiger partial charge in [-0.25, -0.2) is 0 Å². The highest BCUT2D eigenvalue weighted by molar-refractivity contribution is 5.62. The molecule has 4 nitrogen and oxygen atoms in total. The smallest absolute Gasteiger partial charge is 0.0962 e. The van der Waals surface area contributed by atoms with Crippen LogP contribution in [0.2, 0.25) is 0 Å². The highest BCUT2D eigenvalue weighted by Crippen LogP contribution is 2.16. The quantitative estimate of drug-likeness (QED) is 0.612. The van der Waals surface area contributed by atoms with Crippen molar-refractivity contribution in [3.63, 3.8) is 0 Å². The zero-order chi connectivity index (χ0) is 9.14. The van der Waals surface area contributed by atoms with Gasteiger partial charge in [0.1, 0.15) is 0 Å². The van der Waals surface area contributed by atoms with Crippen molar-refractivity contribution in [3.8, 4) is 0 Å². The second-order valence-electron chi connectivity index (χ2n) is 3.32. The molecular weight excluding hydrogens is 156 g/mol. The number of hydrogen-bond acceptors (Lipinski definition) is 4. The van der Waals surface area contributed by atoms with Gasteiger partial charge < -0.3 is 10.2 Å². The average molecular weight is 172 g/mol. The molecule has 1 rings (SSSR count). The fourth-order valence-electron chi connectivity index (χ4n) is 1.18. The third-order valence-electron chi connectivity index (χ3n) is 2.29. The number of hydrogen-bond donors (Lipinski definition) is 2. The lowest BCUT2D eigenvalue weighted by molar-refractivity contribution is 0.0496. The van der Waals surface area contributed by atoms with Crippen LogP contribution in [0.5, 0.6) is 0 Å². The van der Waals surface area contributed by atoms with Crippen LogP contribution in [0.3, 0.4) is 0 Å². The Bertz CT molecular complexity index is 172. The number of nitrogens with zero attached hydrogens (tertiary/aromatic N) is 2. The van der Waals surface area contributed by atoms with Crippen LogP contribution in [0, 0.1) is 5.92 Å². The Morgan fingerprint density at radius 3 is 2.67 bits per heavy atom. The van der Waals surface area contributed by atoms with Crippen molar-refractivity contribution in [3.05, 3.63) is 0 Å². The van der Waals surface area contributed by atoms with E-state index in [0.29, 0.717) is 18.5 Å². The molecule has 0 bridgehead atoms. The minimum atomic E-state index is -0.685. The van der Waals surface area contributed by atoms with E-state index in [1.54, 1.807) is 0 Å². The van der Waals surface area contributed by atoms with E-state index in [-0.39, 0.29) is 6.61 Å². The fourth-order valence-corrected chi connectivity index (χ4v) is 1.18. The molecule has 70 valence electrons. The van der Waals surface area contributed by atoms with Crippen molar-refractivity contribution in [2.24, 2.45) is 11.0 Å². The first-order chi connectivity index (χ1) is 5.65. The summed E-state index contributed by atoms with van der Waals surface area (Å²) in [5.41, 5.74) is 0. The zero-order valence-electron chi connectivity index (χ0n) is 7.51. The average Bonchev–Trinajstić information content (AvgIpc) is 2.36. The van der Waals surface area contributed by atoms with Crippen molar-refractivity contribution in [1.82, 2.24) is 5.01 Å². The third kappa shape index (κ3) is 1.95. The highest BCUT2D eigenvalue weighted by Gasteiger charge is 2.24. The van der Waals surface area contributed by atoms with E-state index in [9.17, 15) is 0 Å². The van der Waals surface area contributed by atoms with Gasteiger partial charge in [-0.05, 0) is 6.92 Å². The molecule has 3 atom stereocenters. The van der Waals surface area contributed by atoms with Crippen LogP contribution in [-0.2, 0) is 0 Å². The van der Waals surface area contributed by atoms with Crippen molar-refractivity contribution < 1.29 is 10.2 Å².